The maximum Gasteiger partial charge on any atom is 0.164 e. The molecule has 2 aromatic rings. The molecular weight excluding hydrogens is 262 g/mol. The average molecular weight is 280 g/mol. The van der Waals surface area contributed by atoms with E-state index in [2.05, 4.69) is 36.2 Å². The number of hydrogen-bond donors (Lipinski definition) is 1. The van der Waals surface area contributed by atoms with Gasteiger partial charge >= 0.3 is 0 Å². The molecule has 0 saturated heterocycles. The highest BCUT2D eigenvalue weighted by molar-refractivity contribution is 5.17. The van der Waals surface area contributed by atoms with E-state index >= 15 is 0 Å². The fraction of sp³-hybridized carbons (Fsp3) is 0.429. The molecule has 0 saturated carbocycles. The summed E-state index contributed by atoms with van der Waals surface area (Å²) >= 11 is 0. The van der Waals surface area contributed by atoms with Crippen LogP contribution in [-0.2, 0) is 13.1 Å². The summed E-state index contributed by atoms with van der Waals surface area (Å²) in [5.74, 6) is -1.03. The van der Waals surface area contributed by atoms with Crippen LogP contribution in [0.25, 0.3) is 0 Å². The molecule has 1 heterocycles. The number of aromatic nitrogens is 3. The SMILES string of the molecule is CC(C)(C)NCc1ncn(Cc2ccc(F)c(F)c2)n1. The Morgan fingerprint density at radius 3 is 2.60 bits per heavy atom. The van der Waals surface area contributed by atoms with Gasteiger partial charge in [-0.2, -0.15) is 5.10 Å². The molecule has 0 fully saturated rings. The van der Waals surface area contributed by atoms with Gasteiger partial charge in [0.15, 0.2) is 17.5 Å². The second kappa shape index (κ2) is 5.66. The predicted octanol–water partition coefficient (Wildman–Crippen LogP) is 2.49. The van der Waals surface area contributed by atoms with Crippen molar-refractivity contribution in [2.75, 3.05) is 0 Å². The first-order valence-corrected chi connectivity index (χ1v) is 6.41. The Labute approximate surface area is 116 Å². The first-order chi connectivity index (χ1) is 9.33. The van der Waals surface area contributed by atoms with E-state index in [9.17, 15) is 8.78 Å². The van der Waals surface area contributed by atoms with E-state index in [0.29, 0.717) is 24.5 Å². The molecule has 108 valence electrons. The molecule has 6 heteroatoms. The molecule has 0 amide bonds. The van der Waals surface area contributed by atoms with E-state index in [-0.39, 0.29) is 5.54 Å². The molecule has 1 N–H and O–H groups in total. The lowest BCUT2D eigenvalue weighted by Gasteiger charge is -2.19. The van der Waals surface area contributed by atoms with Crippen molar-refractivity contribution in [3.8, 4) is 0 Å². The first-order valence-electron chi connectivity index (χ1n) is 6.41. The van der Waals surface area contributed by atoms with Crippen LogP contribution in [0.3, 0.4) is 0 Å². The first kappa shape index (κ1) is 14.6. The van der Waals surface area contributed by atoms with Crippen molar-refractivity contribution in [1.82, 2.24) is 20.1 Å². The standard InChI is InChI=1S/C14H18F2N4/c1-14(2,3)18-7-13-17-9-20(19-13)8-10-4-5-11(15)12(16)6-10/h4-6,9,18H,7-8H2,1-3H3. The van der Waals surface area contributed by atoms with E-state index in [1.165, 1.54) is 12.1 Å². The summed E-state index contributed by atoms with van der Waals surface area (Å²) in [5.41, 5.74) is 0.634. The maximum atomic E-state index is 13.1. The van der Waals surface area contributed by atoms with Crippen LogP contribution in [0.4, 0.5) is 8.78 Å². The summed E-state index contributed by atoms with van der Waals surface area (Å²) in [7, 11) is 0. The lowest BCUT2D eigenvalue weighted by molar-refractivity contribution is 0.417. The largest absolute Gasteiger partial charge is 0.305 e. The predicted molar refractivity (Wildman–Crippen MR) is 72.1 cm³/mol. The number of halogens is 2. The molecule has 1 aromatic carbocycles. The van der Waals surface area contributed by atoms with Crippen LogP contribution < -0.4 is 5.32 Å². The molecule has 4 nitrogen and oxygen atoms in total. The molecule has 0 aliphatic rings. The summed E-state index contributed by atoms with van der Waals surface area (Å²) in [5, 5.41) is 7.57. The summed E-state index contributed by atoms with van der Waals surface area (Å²) < 4.78 is 27.5. The van der Waals surface area contributed by atoms with Gasteiger partial charge in [-0.3, -0.25) is 0 Å². The summed E-state index contributed by atoms with van der Waals surface area (Å²) in [6.45, 7) is 7.11. The van der Waals surface area contributed by atoms with Gasteiger partial charge in [0, 0.05) is 5.54 Å². The minimum Gasteiger partial charge on any atom is -0.305 e. The van der Waals surface area contributed by atoms with Crippen molar-refractivity contribution < 1.29 is 8.78 Å². The number of hydrogen-bond acceptors (Lipinski definition) is 3. The average Bonchev–Trinajstić information content (AvgIpc) is 2.78. The number of nitrogens with one attached hydrogen (secondary N) is 1. The highest BCUT2D eigenvalue weighted by Crippen LogP contribution is 2.10. The molecule has 0 aliphatic carbocycles. The Morgan fingerprint density at radius 1 is 1.20 bits per heavy atom. The van der Waals surface area contributed by atoms with Gasteiger partial charge in [0.05, 0.1) is 13.1 Å². The smallest absolute Gasteiger partial charge is 0.164 e. The lowest BCUT2D eigenvalue weighted by Crippen LogP contribution is -2.35. The third kappa shape index (κ3) is 4.09. The minimum atomic E-state index is -0.850. The van der Waals surface area contributed by atoms with Crippen molar-refractivity contribution in [2.45, 2.75) is 39.4 Å². The zero-order chi connectivity index (χ0) is 14.8. The topological polar surface area (TPSA) is 42.7 Å². The molecular formula is C14H18F2N4. The Balaban J connectivity index is 2.00. The second-order valence-electron chi connectivity index (χ2n) is 5.71. The molecule has 0 radical (unpaired) electrons. The fourth-order valence-corrected chi connectivity index (χ4v) is 1.66. The highest BCUT2D eigenvalue weighted by atomic mass is 19.2. The summed E-state index contributed by atoms with van der Waals surface area (Å²) in [6.07, 6.45) is 1.58. The van der Waals surface area contributed by atoms with E-state index in [1.807, 2.05) is 0 Å². The molecule has 2 rings (SSSR count). The van der Waals surface area contributed by atoms with Crippen LogP contribution in [0.1, 0.15) is 32.2 Å². The van der Waals surface area contributed by atoms with Crippen molar-refractivity contribution in [3.05, 3.63) is 47.5 Å². The minimum absolute atomic E-state index is 0.00839. The van der Waals surface area contributed by atoms with Gasteiger partial charge in [0.2, 0.25) is 0 Å². The van der Waals surface area contributed by atoms with E-state index < -0.39 is 11.6 Å². The molecule has 1 aromatic heterocycles. The normalized spacial score (nSPS) is 11.8. The fourth-order valence-electron chi connectivity index (χ4n) is 1.66. The monoisotopic (exact) mass is 280 g/mol. The highest BCUT2D eigenvalue weighted by Gasteiger charge is 2.10. The number of rotatable bonds is 4. The van der Waals surface area contributed by atoms with Crippen molar-refractivity contribution in [2.24, 2.45) is 0 Å². The summed E-state index contributed by atoms with van der Waals surface area (Å²) in [4.78, 5) is 4.18. The van der Waals surface area contributed by atoms with E-state index in [4.69, 9.17) is 0 Å². The van der Waals surface area contributed by atoms with Crippen molar-refractivity contribution >= 4 is 0 Å². The third-order valence-corrected chi connectivity index (χ3v) is 2.69. The maximum absolute atomic E-state index is 13.1. The second-order valence-corrected chi connectivity index (χ2v) is 5.71. The van der Waals surface area contributed by atoms with Crippen molar-refractivity contribution in [3.63, 3.8) is 0 Å². The Kier molecular flexibility index (Phi) is 4.13. The zero-order valence-corrected chi connectivity index (χ0v) is 11.8. The quantitative estimate of drug-likeness (QED) is 0.935. The third-order valence-electron chi connectivity index (χ3n) is 2.69. The van der Waals surface area contributed by atoms with Crippen LogP contribution in [0.5, 0.6) is 0 Å². The molecule has 0 bridgehead atoms. The van der Waals surface area contributed by atoms with Crippen LogP contribution >= 0.6 is 0 Å². The molecule has 0 unspecified atom stereocenters. The number of benzene rings is 1. The number of nitrogens with zero attached hydrogens (tertiary/aromatic N) is 3. The molecule has 0 atom stereocenters. The Hall–Kier alpha value is -1.82. The summed E-state index contributed by atoms with van der Waals surface area (Å²) in [6, 6.07) is 3.82. The Morgan fingerprint density at radius 2 is 1.95 bits per heavy atom. The van der Waals surface area contributed by atoms with Gasteiger partial charge < -0.3 is 5.32 Å². The van der Waals surface area contributed by atoms with Crippen LogP contribution in [-0.4, -0.2) is 20.3 Å². The van der Waals surface area contributed by atoms with Crippen LogP contribution in [0, 0.1) is 11.6 Å². The zero-order valence-electron chi connectivity index (χ0n) is 11.8. The van der Waals surface area contributed by atoms with E-state index in [1.54, 1.807) is 11.0 Å². The molecule has 0 aliphatic heterocycles. The van der Waals surface area contributed by atoms with Crippen molar-refractivity contribution in [1.29, 1.82) is 0 Å². The van der Waals surface area contributed by atoms with Crippen LogP contribution in [0.2, 0.25) is 0 Å². The van der Waals surface area contributed by atoms with Gasteiger partial charge in [0.25, 0.3) is 0 Å². The Bertz CT molecular complexity index is 587. The van der Waals surface area contributed by atoms with E-state index in [0.717, 1.165) is 6.07 Å². The molecule has 0 spiro atoms. The van der Waals surface area contributed by atoms with Gasteiger partial charge in [-0.05, 0) is 38.5 Å². The molecule has 20 heavy (non-hydrogen) atoms. The van der Waals surface area contributed by atoms with Gasteiger partial charge in [0.1, 0.15) is 6.33 Å². The lowest BCUT2D eigenvalue weighted by atomic mass is 10.1. The van der Waals surface area contributed by atoms with Gasteiger partial charge in [-0.1, -0.05) is 6.07 Å². The van der Waals surface area contributed by atoms with Crippen LogP contribution in [0.15, 0.2) is 24.5 Å². The van der Waals surface area contributed by atoms with Gasteiger partial charge in [-0.25, -0.2) is 18.4 Å². The van der Waals surface area contributed by atoms with Gasteiger partial charge in [-0.15, -0.1) is 0 Å².